The number of unbranched alkanes of at least 4 members (excludes halogenated alkanes) is 28. The molecule has 9 heteroatoms. The lowest BCUT2D eigenvalue weighted by Gasteiger charge is -2.19. The number of hydrogen-bond donors (Lipinski definition) is 1. The second-order valence-corrected chi connectivity index (χ2v) is 18.5. The van der Waals surface area contributed by atoms with Crippen LogP contribution in [0.4, 0.5) is 0 Å². The summed E-state index contributed by atoms with van der Waals surface area (Å²) >= 11 is 0. The normalized spacial score (nSPS) is 13.6. The van der Waals surface area contributed by atoms with Gasteiger partial charge in [-0.25, -0.2) is 4.57 Å². The van der Waals surface area contributed by atoms with Crippen LogP contribution in [0.1, 0.15) is 245 Å². The average Bonchev–Trinajstić information content (AvgIpc) is 3.25. The number of carbonyl (C=O) groups excluding carboxylic acids is 2. The van der Waals surface area contributed by atoms with Crippen molar-refractivity contribution in [1.82, 2.24) is 0 Å². The molecule has 0 saturated heterocycles. The molecule has 356 valence electrons. The van der Waals surface area contributed by atoms with Gasteiger partial charge in [0.1, 0.15) is 6.61 Å². The molecule has 0 aromatic rings. The van der Waals surface area contributed by atoms with Crippen LogP contribution in [0.25, 0.3) is 0 Å². The Morgan fingerprint density at radius 1 is 0.475 bits per heavy atom. The standard InChI is InChI=1S/C52H95O8P/c1-4-6-8-10-12-14-16-18-20-22-24-25-26-27-29-30-32-34-36-38-40-42-44-46-51(53)58-48-50(49-59-61(55,56)57-3)60-52(54)47-45-43-41-39-37-35-33-31-28-23-21-19-17-15-13-11-9-7-5-2/h7,9,13,15,19,21,28,31,50H,4-6,8,10-12,14,16-18,20,22-27,29-30,32-49H2,1-3H3,(H,55,56)/b9-7-,15-13-,21-19-,31-28-. The molecular weight excluding hydrogens is 784 g/mol. The summed E-state index contributed by atoms with van der Waals surface area (Å²) in [5.41, 5.74) is 0. The summed E-state index contributed by atoms with van der Waals surface area (Å²) in [4.78, 5) is 34.6. The predicted octanol–water partition coefficient (Wildman–Crippen LogP) is 16.5. The average molecular weight is 879 g/mol. The number of allylic oxidation sites excluding steroid dienone is 8. The maximum Gasteiger partial charge on any atom is 0.472 e. The van der Waals surface area contributed by atoms with E-state index in [0.29, 0.717) is 12.8 Å². The molecule has 0 aliphatic heterocycles. The van der Waals surface area contributed by atoms with Crippen LogP contribution < -0.4 is 0 Å². The van der Waals surface area contributed by atoms with Gasteiger partial charge in [-0.15, -0.1) is 0 Å². The van der Waals surface area contributed by atoms with Crippen molar-refractivity contribution in [2.45, 2.75) is 251 Å². The van der Waals surface area contributed by atoms with Gasteiger partial charge in [0, 0.05) is 20.0 Å². The Hall–Kier alpha value is -1.99. The maximum atomic E-state index is 12.6. The number of phosphoric acid groups is 1. The van der Waals surface area contributed by atoms with Crippen molar-refractivity contribution in [3.63, 3.8) is 0 Å². The molecule has 0 aromatic heterocycles. The maximum absolute atomic E-state index is 12.6. The number of hydrogen-bond acceptors (Lipinski definition) is 7. The van der Waals surface area contributed by atoms with Gasteiger partial charge in [0.25, 0.3) is 0 Å². The van der Waals surface area contributed by atoms with Crippen LogP contribution >= 0.6 is 7.82 Å². The van der Waals surface area contributed by atoms with Crippen molar-refractivity contribution in [3.8, 4) is 0 Å². The Balaban J connectivity index is 3.89. The summed E-state index contributed by atoms with van der Waals surface area (Å²) in [5, 5.41) is 0. The zero-order valence-electron chi connectivity index (χ0n) is 39.8. The van der Waals surface area contributed by atoms with Gasteiger partial charge in [-0.3, -0.25) is 18.6 Å². The van der Waals surface area contributed by atoms with Crippen LogP contribution in [0, 0.1) is 0 Å². The van der Waals surface area contributed by atoms with Gasteiger partial charge in [-0.1, -0.05) is 229 Å². The molecule has 0 fully saturated rings. The second kappa shape index (κ2) is 47.5. The van der Waals surface area contributed by atoms with E-state index in [1.165, 1.54) is 128 Å². The Morgan fingerprint density at radius 3 is 1.25 bits per heavy atom. The molecule has 2 atom stereocenters. The van der Waals surface area contributed by atoms with Crippen LogP contribution in [0.3, 0.4) is 0 Å². The summed E-state index contributed by atoms with van der Waals surface area (Å²) in [6.07, 6.45) is 58.9. The third-order valence-electron chi connectivity index (χ3n) is 11.1. The molecule has 0 bridgehead atoms. The van der Waals surface area contributed by atoms with Crippen LogP contribution in [0.5, 0.6) is 0 Å². The van der Waals surface area contributed by atoms with Gasteiger partial charge in [0.05, 0.1) is 6.61 Å². The third kappa shape index (κ3) is 47.3. The number of rotatable bonds is 47. The van der Waals surface area contributed by atoms with Crippen molar-refractivity contribution in [2.75, 3.05) is 20.3 Å². The summed E-state index contributed by atoms with van der Waals surface area (Å²) in [6, 6.07) is 0. The molecule has 2 unspecified atom stereocenters. The molecule has 0 aliphatic rings. The van der Waals surface area contributed by atoms with E-state index >= 15 is 0 Å². The van der Waals surface area contributed by atoms with E-state index in [1.54, 1.807) is 0 Å². The van der Waals surface area contributed by atoms with Gasteiger partial charge in [0.2, 0.25) is 0 Å². The molecule has 0 spiro atoms. The molecule has 0 radical (unpaired) electrons. The van der Waals surface area contributed by atoms with E-state index in [9.17, 15) is 19.0 Å². The Morgan fingerprint density at radius 2 is 0.836 bits per heavy atom. The molecule has 0 rings (SSSR count). The minimum Gasteiger partial charge on any atom is -0.462 e. The fourth-order valence-electron chi connectivity index (χ4n) is 7.24. The lowest BCUT2D eigenvalue weighted by Crippen LogP contribution is -2.29. The van der Waals surface area contributed by atoms with Gasteiger partial charge < -0.3 is 14.4 Å². The molecule has 0 aromatic carbocycles. The van der Waals surface area contributed by atoms with Crippen LogP contribution in [-0.2, 0) is 32.7 Å². The monoisotopic (exact) mass is 879 g/mol. The first-order chi connectivity index (χ1) is 29.8. The Bertz CT molecular complexity index is 1130. The van der Waals surface area contributed by atoms with Crippen molar-refractivity contribution in [2.24, 2.45) is 0 Å². The Kier molecular flexibility index (Phi) is 45.9. The number of phosphoric ester groups is 1. The van der Waals surface area contributed by atoms with Gasteiger partial charge in [-0.05, 0) is 51.4 Å². The topological polar surface area (TPSA) is 108 Å². The Labute approximate surface area is 376 Å². The van der Waals surface area contributed by atoms with E-state index in [0.717, 1.165) is 90.6 Å². The lowest BCUT2D eigenvalue weighted by atomic mass is 10.0. The molecule has 61 heavy (non-hydrogen) atoms. The number of ether oxygens (including phenoxy) is 2. The molecule has 0 amide bonds. The first-order valence-electron chi connectivity index (χ1n) is 25.3. The predicted molar refractivity (Wildman–Crippen MR) is 258 cm³/mol. The number of carbonyl (C=O) groups is 2. The minimum atomic E-state index is -4.27. The highest BCUT2D eigenvalue weighted by Gasteiger charge is 2.24. The molecule has 0 saturated carbocycles. The highest BCUT2D eigenvalue weighted by atomic mass is 31.2. The van der Waals surface area contributed by atoms with Crippen molar-refractivity contribution in [3.05, 3.63) is 48.6 Å². The molecule has 0 heterocycles. The van der Waals surface area contributed by atoms with Crippen LogP contribution in [0.2, 0.25) is 0 Å². The fourth-order valence-corrected chi connectivity index (χ4v) is 7.70. The molecule has 0 aliphatic carbocycles. The first kappa shape index (κ1) is 59.0. The van der Waals surface area contributed by atoms with Crippen LogP contribution in [-0.4, -0.2) is 43.3 Å². The highest BCUT2D eigenvalue weighted by Crippen LogP contribution is 2.42. The molecule has 1 N–H and O–H groups in total. The van der Waals surface area contributed by atoms with Gasteiger partial charge in [0.15, 0.2) is 6.10 Å². The van der Waals surface area contributed by atoms with Crippen molar-refractivity contribution >= 4 is 19.8 Å². The summed E-state index contributed by atoms with van der Waals surface area (Å²) in [6.45, 7) is 3.80. The summed E-state index contributed by atoms with van der Waals surface area (Å²) in [7, 11) is -3.21. The zero-order chi connectivity index (χ0) is 44.6. The highest BCUT2D eigenvalue weighted by molar-refractivity contribution is 7.47. The molecular formula is C52H95O8P. The summed E-state index contributed by atoms with van der Waals surface area (Å²) in [5.74, 6) is -0.811. The van der Waals surface area contributed by atoms with Crippen molar-refractivity contribution < 1.29 is 37.6 Å². The van der Waals surface area contributed by atoms with Gasteiger partial charge in [-0.2, -0.15) is 0 Å². The van der Waals surface area contributed by atoms with E-state index in [4.69, 9.17) is 14.0 Å². The smallest absolute Gasteiger partial charge is 0.462 e. The van der Waals surface area contributed by atoms with Crippen LogP contribution in [0.15, 0.2) is 48.6 Å². The quantitative estimate of drug-likeness (QED) is 0.0279. The third-order valence-corrected chi connectivity index (χ3v) is 12.0. The SMILES string of the molecule is CC/C=C\C/C=C\C/C=C\C/C=C\CCCCCCCCC(=O)OC(COC(=O)CCCCCCCCCCCCCCCCCCCCCCCCC)COP(=O)(O)OC. The molecule has 8 nitrogen and oxygen atoms in total. The minimum absolute atomic E-state index is 0.229. The number of esters is 2. The first-order valence-corrected chi connectivity index (χ1v) is 26.8. The fraction of sp³-hybridized carbons (Fsp3) is 0.808. The lowest BCUT2D eigenvalue weighted by molar-refractivity contribution is -0.161. The zero-order valence-corrected chi connectivity index (χ0v) is 40.7. The van der Waals surface area contributed by atoms with Gasteiger partial charge >= 0.3 is 19.8 Å². The van der Waals surface area contributed by atoms with Crippen molar-refractivity contribution in [1.29, 1.82) is 0 Å². The van der Waals surface area contributed by atoms with E-state index in [1.807, 2.05) is 0 Å². The summed E-state index contributed by atoms with van der Waals surface area (Å²) < 4.78 is 32.1. The largest absolute Gasteiger partial charge is 0.472 e. The second-order valence-electron chi connectivity index (χ2n) is 16.9. The van der Waals surface area contributed by atoms with E-state index in [-0.39, 0.29) is 19.0 Å². The van der Waals surface area contributed by atoms with E-state index in [2.05, 4.69) is 67.0 Å². The van der Waals surface area contributed by atoms with E-state index < -0.39 is 26.5 Å².